The zero-order valence-electron chi connectivity index (χ0n) is 18.5. The van der Waals surface area contributed by atoms with Gasteiger partial charge in [0.2, 0.25) is 0 Å². The molecule has 6 heteroatoms. The number of phenols is 1. The van der Waals surface area contributed by atoms with Crippen LogP contribution in [0.1, 0.15) is 11.4 Å². The van der Waals surface area contributed by atoms with Gasteiger partial charge >= 0.3 is 0 Å². The quantitative estimate of drug-likeness (QED) is 0.275. The third-order valence-corrected chi connectivity index (χ3v) is 5.52. The Kier molecular flexibility index (Phi) is 6.21. The second kappa shape index (κ2) is 9.92. The molecule has 0 radical (unpaired) electrons. The molecule has 2 heterocycles. The van der Waals surface area contributed by atoms with Gasteiger partial charge in [-0.2, -0.15) is 5.11 Å². The second-order valence-electron chi connectivity index (χ2n) is 7.87. The number of anilines is 1. The van der Waals surface area contributed by atoms with Crippen LogP contribution in [0.15, 0.2) is 120 Å². The van der Waals surface area contributed by atoms with Crippen molar-refractivity contribution >= 4 is 27.8 Å². The van der Waals surface area contributed by atoms with Crippen LogP contribution < -0.4 is 4.90 Å². The first-order chi connectivity index (χ1) is 16.8. The summed E-state index contributed by atoms with van der Waals surface area (Å²) in [5.41, 5.74) is 4.16. The minimum atomic E-state index is 0.107. The Hall–Kier alpha value is -4.58. The Bertz CT molecular complexity index is 1360. The van der Waals surface area contributed by atoms with Crippen molar-refractivity contribution < 1.29 is 5.11 Å². The van der Waals surface area contributed by atoms with Crippen molar-refractivity contribution in [1.29, 1.82) is 0 Å². The van der Waals surface area contributed by atoms with E-state index < -0.39 is 0 Å². The molecular formula is C28H23N5O. The van der Waals surface area contributed by atoms with Crippen LogP contribution >= 0.6 is 0 Å². The molecule has 0 atom stereocenters. The molecule has 0 aliphatic carbocycles. The topological polar surface area (TPSA) is 74.0 Å². The Morgan fingerprint density at radius 1 is 0.647 bits per heavy atom. The highest BCUT2D eigenvalue weighted by atomic mass is 16.3. The van der Waals surface area contributed by atoms with Crippen LogP contribution in [0, 0.1) is 0 Å². The number of phenolic OH excluding ortho intramolecular Hbond substituents is 1. The lowest BCUT2D eigenvalue weighted by molar-refractivity contribution is 0.477. The first-order valence-electron chi connectivity index (χ1n) is 11.0. The van der Waals surface area contributed by atoms with Gasteiger partial charge in [0.15, 0.2) is 0 Å². The number of benzene rings is 3. The molecule has 0 aliphatic heterocycles. The normalized spacial score (nSPS) is 11.2. The molecule has 1 N–H and O–H groups in total. The van der Waals surface area contributed by atoms with E-state index in [1.165, 1.54) is 0 Å². The fraction of sp³-hybridized carbons (Fsp3) is 0.0714. The van der Waals surface area contributed by atoms with E-state index in [9.17, 15) is 5.11 Å². The number of aromatic hydroxyl groups is 1. The molecular weight excluding hydrogens is 422 g/mol. The summed E-state index contributed by atoms with van der Waals surface area (Å²) in [6.07, 6.45) is 3.61. The van der Waals surface area contributed by atoms with Gasteiger partial charge in [-0.15, -0.1) is 5.11 Å². The molecule has 6 nitrogen and oxygen atoms in total. The molecule has 0 saturated carbocycles. The Labute approximate surface area is 197 Å². The van der Waals surface area contributed by atoms with Gasteiger partial charge in [-0.3, -0.25) is 9.97 Å². The van der Waals surface area contributed by atoms with E-state index >= 15 is 0 Å². The predicted octanol–water partition coefficient (Wildman–Crippen LogP) is 6.96. The molecule has 0 saturated heterocycles. The largest absolute Gasteiger partial charge is 0.506 e. The minimum absolute atomic E-state index is 0.107. The molecule has 0 spiro atoms. The van der Waals surface area contributed by atoms with Crippen LogP contribution in [0.5, 0.6) is 5.75 Å². The summed E-state index contributed by atoms with van der Waals surface area (Å²) in [5.74, 6) is 0.107. The van der Waals surface area contributed by atoms with Gasteiger partial charge in [0.25, 0.3) is 0 Å². The summed E-state index contributed by atoms with van der Waals surface area (Å²) in [6.45, 7) is 1.31. The SMILES string of the molecule is Oc1ccc2ccccc2c1/N=N/c1ccc(N(Cc2ccccn2)Cc2ccccn2)cc1. The van der Waals surface area contributed by atoms with E-state index in [0.29, 0.717) is 24.5 Å². The summed E-state index contributed by atoms with van der Waals surface area (Å²) < 4.78 is 0. The van der Waals surface area contributed by atoms with E-state index in [2.05, 4.69) is 25.1 Å². The first kappa shape index (κ1) is 21.3. The molecule has 0 aliphatic rings. The van der Waals surface area contributed by atoms with Crippen LogP contribution in [0.2, 0.25) is 0 Å². The monoisotopic (exact) mass is 445 g/mol. The number of pyridine rings is 2. The molecule has 166 valence electrons. The third-order valence-electron chi connectivity index (χ3n) is 5.52. The fourth-order valence-electron chi connectivity index (χ4n) is 3.80. The Morgan fingerprint density at radius 2 is 1.29 bits per heavy atom. The average Bonchev–Trinajstić information content (AvgIpc) is 2.89. The van der Waals surface area contributed by atoms with Crippen molar-refractivity contribution in [2.75, 3.05) is 4.90 Å². The van der Waals surface area contributed by atoms with E-state index in [4.69, 9.17) is 0 Å². The Morgan fingerprint density at radius 3 is 1.94 bits per heavy atom. The summed E-state index contributed by atoms with van der Waals surface area (Å²) in [4.78, 5) is 11.2. The van der Waals surface area contributed by atoms with Crippen LogP contribution in [-0.2, 0) is 13.1 Å². The predicted molar refractivity (Wildman–Crippen MR) is 135 cm³/mol. The van der Waals surface area contributed by atoms with E-state index in [-0.39, 0.29) is 5.75 Å². The number of hydrogen-bond donors (Lipinski definition) is 1. The lowest BCUT2D eigenvalue weighted by atomic mass is 10.1. The van der Waals surface area contributed by atoms with Gasteiger partial charge in [0.1, 0.15) is 11.4 Å². The zero-order valence-corrected chi connectivity index (χ0v) is 18.5. The van der Waals surface area contributed by atoms with Gasteiger partial charge in [0, 0.05) is 23.5 Å². The smallest absolute Gasteiger partial charge is 0.143 e. The zero-order chi connectivity index (χ0) is 23.2. The first-order valence-corrected chi connectivity index (χ1v) is 11.0. The van der Waals surface area contributed by atoms with Gasteiger partial charge in [-0.1, -0.05) is 42.5 Å². The van der Waals surface area contributed by atoms with Crippen molar-refractivity contribution in [3.63, 3.8) is 0 Å². The highest BCUT2D eigenvalue weighted by Crippen LogP contribution is 2.36. The third kappa shape index (κ3) is 4.91. The number of azo groups is 1. The Balaban J connectivity index is 1.40. The maximum Gasteiger partial charge on any atom is 0.143 e. The van der Waals surface area contributed by atoms with Crippen LogP contribution in [0.3, 0.4) is 0 Å². The molecule has 34 heavy (non-hydrogen) atoms. The maximum absolute atomic E-state index is 10.3. The molecule has 0 amide bonds. The summed E-state index contributed by atoms with van der Waals surface area (Å²) in [7, 11) is 0. The van der Waals surface area contributed by atoms with Crippen LogP contribution in [0.25, 0.3) is 10.8 Å². The minimum Gasteiger partial charge on any atom is -0.506 e. The van der Waals surface area contributed by atoms with Crippen molar-refractivity contribution in [2.24, 2.45) is 10.2 Å². The number of aromatic nitrogens is 2. The van der Waals surface area contributed by atoms with Gasteiger partial charge < -0.3 is 10.0 Å². The van der Waals surface area contributed by atoms with Gasteiger partial charge in [-0.25, -0.2) is 0 Å². The lowest BCUT2D eigenvalue weighted by Crippen LogP contribution is -2.23. The summed E-state index contributed by atoms with van der Waals surface area (Å²) >= 11 is 0. The van der Waals surface area contributed by atoms with Crippen LogP contribution in [-0.4, -0.2) is 15.1 Å². The van der Waals surface area contributed by atoms with Gasteiger partial charge in [0.05, 0.1) is 30.2 Å². The van der Waals surface area contributed by atoms with Crippen molar-refractivity contribution in [1.82, 2.24) is 9.97 Å². The standard InChI is InChI=1S/C28H23N5O/c34-27-16-11-21-7-1-2-10-26(21)28(27)32-31-22-12-14-25(15-13-22)33(19-23-8-3-5-17-29-23)20-24-9-4-6-18-30-24/h1-18,34H,19-20H2/b32-31+. The van der Waals surface area contributed by atoms with E-state index in [0.717, 1.165) is 27.8 Å². The molecule has 2 aromatic heterocycles. The lowest BCUT2D eigenvalue weighted by Gasteiger charge is -2.24. The number of nitrogens with zero attached hydrogens (tertiary/aromatic N) is 5. The fourth-order valence-corrected chi connectivity index (χ4v) is 3.80. The van der Waals surface area contributed by atoms with Gasteiger partial charge in [-0.05, 0) is 60.0 Å². The number of fused-ring (bicyclic) bond motifs is 1. The van der Waals surface area contributed by atoms with Crippen molar-refractivity contribution in [3.8, 4) is 5.75 Å². The summed E-state index contributed by atoms with van der Waals surface area (Å²) in [5, 5.41) is 20.9. The molecule has 0 bridgehead atoms. The molecule has 0 unspecified atom stereocenters. The number of hydrogen-bond acceptors (Lipinski definition) is 6. The molecule has 5 rings (SSSR count). The number of rotatable bonds is 7. The van der Waals surface area contributed by atoms with Crippen molar-refractivity contribution in [2.45, 2.75) is 13.1 Å². The molecule has 0 fully saturated rings. The summed E-state index contributed by atoms with van der Waals surface area (Å²) in [6, 6.07) is 31.1. The van der Waals surface area contributed by atoms with E-state index in [1.54, 1.807) is 18.5 Å². The second-order valence-corrected chi connectivity index (χ2v) is 7.87. The van der Waals surface area contributed by atoms with E-state index in [1.807, 2.05) is 91.0 Å². The average molecular weight is 446 g/mol. The highest BCUT2D eigenvalue weighted by Gasteiger charge is 2.11. The maximum atomic E-state index is 10.3. The molecule has 5 aromatic rings. The van der Waals surface area contributed by atoms with Crippen LogP contribution in [0.4, 0.5) is 17.1 Å². The molecule has 3 aromatic carbocycles. The van der Waals surface area contributed by atoms with Crippen molar-refractivity contribution in [3.05, 3.63) is 121 Å². The highest BCUT2D eigenvalue weighted by molar-refractivity contribution is 5.95.